The van der Waals surface area contributed by atoms with E-state index in [2.05, 4.69) is 17.1 Å². The minimum Gasteiger partial charge on any atom is -0.314 e. The Hall–Kier alpha value is 0.0600. The Morgan fingerprint density at radius 3 is 2.37 bits per heavy atom. The smallest absolute Gasteiger partial charge is 0.314 e. The second-order valence-electron chi connectivity index (χ2n) is 5.50. The molecule has 0 aromatic rings. The summed E-state index contributed by atoms with van der Waals surface area (Å²) in [4.78, 5) is 2.34. The zero-order chi connectivity index (χ0) is 13.9. The van der Waals surface area contributed by atoms with Gasteiger partial charge in [0.25, 0.3) is 0 Å². The molecule has 6 heteroatoms. The van der Waals surface area contributed by atoms with Crippen LogP contribution in [-0.4, -0.2) is 47.4 Å². The third-order valence-electron chi connectivity index (χ3n) is 4.23. The van der Waals surface area contributed by atoms with E-state index in [9.17, 15) is 13.2 Å². The molecule has 0 amide bonds. The van der Waals surface area contributed by atoms with Gasteiger partial charge in [0, 0.05) is 30.4 Å². The summed E-state index contributed by atoms with van der Waals surface area (Å²) in [5.41, 5.74) is -4.09. The number of alkyl halides is 3. The summed E-state index contributed by atoms with van der Waals surface area (Å²) in [7, 11) is 0. The van der Waals surface area contributed by atoms with Gasteiger partial charge in [-0.05, 0) is 44.0 Å². The predicted octanol–water partition coefficient (Wildman–Crippen LogP) is 3.23. The molecule has 112 valence electrons. The van der Waals surface area contributed by atoms with Crippen LogP contribution >= 0.6 is 11.8 Å². The van der Waals surface area contributed by atoms with E-state index in [-0.39, 0.29) is 17.5 Å². The highest BCUT2D eigenvalue weighted by Gasteiger charge is 2.38. The summed E-state index contributed by atoms with van der Waals surface area (Å²) in [6.07, 6.45) is 5.73. The van der Waals surface area contributed by atoms with Crippen LogP contribution in [0.2, 0.25) is 0 Å². The lowest BCUT2D eigenvalue weighted by Gasteiger charge is -2.49. The molecule has 0 spiro atoms. The van der Waals surface area contributed by atoms with Crippen LogP contribution < -0.4 is 5.32 Å². The van der Waals surface area contributed by atoms with Gasteiger partial charge in [-0.15, -0.1) is 0 Å². The van der Waals surface area contributed by atoms with Gasteiger partial charge in [-0.3, -0.25) is 4.90 Å². The highest BCUT2D eigenvalue weighted by Crippen LogP contribution is 2.35. The van der Waals surface area contributed by atoms with E-state index in [1.165, 1.54) is 6.42 Å². The minimum atomic E-state index is -4.09. The first-order chi connectivity index (χ1) is 8.99. The SMILES string of the molecule is CCNC1CC2CCCC(C1)N2CCSC(F)(F)F. The maximum atomic E-state index is 12.2. The molecule has 0 radical (unpaired) electrons. The average molecular weight is 296 g/mol. The van der Waals surface area contributed by atoms with Crippen molar-refractivity contribution in [2.45, 2.75) is 62.7 Å². The fourth-order valence-electron chi connectivity index (χ4n) is 3.57. The third kappa shape index (κ3) is 4.53. The lowest BCUT2D eigenvalue weighted by Crippen LogP contribution is -2.56. The van der Waals surface area contributed by atoms with E-state index < -0.39 is 5.51 Å². The van der Waals surface area contributed by atoms with Crippen molar-refractivity contribution in [2.24, 2.45) is 0 Å². The number of hydrogen-bond acceptors (Lipinski definition) is 3. The average Bonchev–Trinajstić information content (AvgIpc) is 2.28. The van der Waals surface area contributed by atoms with Crippen molar-refractivity contribution in [1.29, 1.82) is 0 Å². The van der Waals surface area contributed by atoms with Gasteiger partial charge in [-0.2, -0.15) is 13.2 Å². The molecule has 2 saturated heterocycles. The zero-order valence-corrected chi connectivity index (χ0v) is 12.2. The number of fused-ring (bicyclic) bond motifs is 2. The molecule has 2 aliphatic heterocycles. The summed E-state index contributed by atoms with van der Waals surface area (Å²) in [5, 5.41) is 3.50. The Labute approximate surface area is 117 Å². The lowest BCUT2D eigenvalue weighted by molar-refractivity contribution is -0.0333. The van der Waals surface area contributed by atoms with Crippen LogP contribution in [0.4, 0.5) is 13.2 Å². The van der Waals surface area contributed by atoms with Crippen LogP contribution in [0.1, 0.15) is 39.0 Å². The molecule has 2 aliphatic rings. The van der Waals surface area contributed by atoms with E-state index in [0.717, 1.165) is 32.2 Å². The maximum absolute atomic E-state index is 12.2. The molecule has 2 fully saturated rings. The third-order valence-corrected chi connectivity index (χ3v) is 4.95. The monoisotopic (exact) mass is 296 g/mol. The molecule has 2 nitrogen and oxygen atoms in total. The van der Waals surface area contributed by atoms with Crippen LogP contribution in [0.3, 0.4) is 0 Å². The molecule has 2 atom stereocenters. The van der Waals surface area contributed by atoms with Crippen LogP contribution in [0.15, 0.2) is 0 Å². The van der Waals surface area contributed by atoms with Crippen molar-refractivity contribution in [3.63, 3.8) is 0 Å². The Morgan fingerprint density at radius 1 is 1.21 bits per heavy atom. The minimum absolute atomic E-state index is 0.120. The van der Waals surface area contributed by atoms with E-state index >= 15 is 0 Å². The summed E-state index contributed by atoms with van der Waals surface area (Å²) in [6, 6.07) is 1.54. The van der Waals surface area contributed by atoms with E-state index in [1.54, 1.807) is 0 Å². The Morgan fingerprint density at radius 2 is 1.84 bits per heavy atom. The van der Waals surface area contributed by atoms with Gasteiger partial charge in [-0.25, -0.2) is 0 Å². The van der Waals surface area contributed by atoms with Gasteiger partial charge in [0.2, 0.25) is 0 Å². The molecule has 2 bridgehead atoms. The maximum Gasteiger partial charge on any atom is 0.441 e. The molecule has 0 saturated carbocycles. The number of nitrogens with zero attached hydrogens (tertiary/aromatic N) is 1. The van der Waals surface area contributed by atoms with Gasteiger partial charge in [0.15, 0.2) is 0 Å². The highest BCUT2D eigenvalue weighted by molar-refractivity contribution is 8.00. The molecule has 0 aromatic carbocycles. The van der Waals surface area contributed by atoms with Crippen molar-refractivity contribution in [1.82, 2.24) is 10.2 Å². The fraction of sp³-hybridized carbons (Fsp3) is 1.00. The summed E-state index contributed by atoms with van der Waals surface area (Å²) in [6.45, 7) is 3.68. The molecule has 0 aliphatic carbocycles. The molecule has 2 rings (SSSR count). The number of thioether (sulfide) groups is 1. The first kappa shape index (κ1) is 15.4. The molecule has 1 N–H and O–H groups in total. The summed E-state index contributed by atoms with van der Waals surface area (Å²) >= 11 is 0.120. The second-order valence-corrected chi connectivity index (χ2v) is 6.66. The van der Waals surface area contributed by atoms with E-state index in [4.69, 9.17) is 0 Å². The van der Waals surface area contributed by atoms with E-state index in [0.29, 0.717) is 24.7 Å². The number of hydrogen-bond donors (Lipinski definition) is 1. The highest BCUT2D eigenvalue weighted by atomic mass is 32.2. The predicted molar refractivity (Wildman–Crippen MR) is 73.3 cm³/mol. The lowest BCUT2D eigenvalue weighted by atomic mass is 9.82. The Kier molecular flexibility index (Phi) is 5.43. The van der Waals surface area contributed by atoms with Crippen molar-refractivity contribution in [3.8, 4) is 0 Å². The molecular weight excluding hydrogens is 273 g/mol. The largest absolute Gasteiger partial charge is 0.441 e. The fourth-order valence-corrected chi connectivity index (χ4v) is 4.10. The topological polar surface area (TPSA) is 15.3 Å². The Bertz CT molecular complexity index is 272. The molecular formula is C13H23F3N2S. The van der Waals surface area contributed by atoms with Crippen LogP contribution in [0.25, 0.3) is 0 Å². The number of nitrogens with one attached hydrogen (secondary N) is 1. The number of piperidine rings is 2. The van der Waals surface area contributed by atoms with Crippen molar-refractivity contribution < 1.29 is 13.2 Å². The summed E-state index contributed by atoms with van der Waals surface area (Å²) < 4.78 is 36.6. The Balaban J connectivity index is 1.84. The van der Waals surface area contributed by atoms with Crippen LogP contribution in [-0.2, 0) is 0 Å². The van der Waals surface area contributed by atoms with Crippen LogP contribution in [0, 0.1) is 0 Å². The number of halogens is 3. The normalized spacial score (nSPS) is 32.5. The first-order valence-corrected chi connectivity index (χ1v) is 8.18. The van der Waals surface area contributed by atoms with Crippen molar-refractivity contribution in [2.75, 3.05) is 18.8 Å². The zero-order valence-electron chi connectivity index (χ0n) is 11.4. The van der Waals surface area contributed by atoms with E-state index in [1.807, 2.05) is 0 Å². The summed E-state index contributed by atoms with van der Waals surface area (Å²) in [5.74, 6) is 0.169. The number of rotatable bonds is 5. The first-order valence-electron chi connectivity index (χ1n) is 7.19. The van der Waals surface area contributed by atoms with Crippen molar-refractivity contribution >= 4 is 11.8 Å². The molecule has 2 heterocycles. The molecule has 19 heavy (non-hydrogen) atoms. The van der Waals surface area contributed by atoms with Gasteiger partial charge in [0.1, 0.15) is 0 Å². The van der Waals surface area contributed by atoms with Crippen LogP contribution in [0.5, 0.6) is 0 Å². The van der Waals surface area contributed by atoms with Gasteiger partial charge < -0.3 is 5.32 Å². The standard InChI is InChI=1S/C13H23F3N2S/c1-2-17-10-8-11-4-3-5-12(9-10)18(11)6-7-19-13(14,15)16/h10-12,17H,2-9H2,1H3. The molecule has 2 unspecified atom stereocenters. The second kappa shape index (κ2) is 6.68. The molecule has 0 aromatic heterocycles. The quantitative estimate of drug-likeness (QED) is 0.838. The van der Waals surface area contributed by atoms with Gasteiger partial charge in [-0.1, -0.05) is 13.3 Å². The van der Waals surface area contributed by atoms with Crippen molar-refractivity contribution in [3.05, 3.63) is 0 Å². The van der Waals surface area contributed by atoms with Gasteiger partial charge in [0.05, 0.1) is 0 Å². The van der Waals surface area contributed by atoms with Gasteiger partial charge >= 0.3 is 5.51 Å².